The number of rotatable bonds is 14. The number of nitrogens with one attached hydrogen (secondary N) is 2. The number of hydrogen-bond donors (Lipinski definition) is 2. The molecule has 1 amide bonds. The summed E-state index contributed by atoms with van der Waals surface area (Å²) in [6.07, 6.45) is 3.89. The second-order valence-electron chi connectivity index (χ2n) is 7.06. The number of halogens is 1. The lowest BCUT2D eigenvalue weighted by Crippen LogP contribution is -2.36. The van der Waals surface area contributed by atoms with Crippen LogP contribution in [0.5, 0.6) is 0 Å². The minimum Gasteiger partial charge on any atom is -0.460 e. The van der Waals surface area contributed by atoms with Gasteiger partial charge in [0.1, 0.15) is 18.3 Å². The first-order valence-corrected chi connectivity index (χ1v) is 12.3. The summed E-state index contributed by atoms with van der Waals surface area (Å²) in [5, 5.41) is 15.2. The van der Waals surface area contributed by atoms with Crippen LogP contribution in [0, 0.1) is 17.2 Å². The number of ether oxygens (including phenoxy) is 2. The van der Waals surface area contributed by atoms with Crippen molar-refractivity contribution in [3.05, 3.63) is 23.3 Å². The Morgan fingerprint density at radius 2 is 2.27 bits per heavy atom. The number of carbonyl (C=O) groups excluding carboxylic acids is 2. The zero-order valence-electron chi connectivity index (χ0n) is 18.8. The molecule has 2 rings (SSSR count). The van der Waals surface area contributed by atoms with Crippen molar-refractivity contribution in [3.8, 4) is 6.07 Å². The van der Waals surface area contributed by atoms with Gasteiger partial charge in [0.25, 0.3) is 0 Å². The summed E-state index contributed by atoms with van der Waals surface area (Å²) in [4.78, 5) is 35.4. The van der Waals surface area contributed by atoms with E-state index in [1.807, 2.05) is 13.0 Å². The molecule has 2 heterocycles. The van der Waals surface area contributed by atoms with E-state index < -0.39 is 11.9 Å². The number of nitrogens with zero attached hydrogens (tertiary/aromatic N) is 4. The minimum absolute atomic E-state index is 0.00379. The fourth-order valence-electron chi connectivity index (χ4n) is 3.19. The van der Waals surface area contributed by atoms with Crippen LogP contribution in [-0.4, -0.2) is 77.3 Å². The molecule has 0 aromatic carbocycles. The summed E-state index contributed by atoms with van der Waals surface area (Å²) >= 11 is 4.89. The molecule has 10 nitrogen and oxygen atoms in total. The van der Waals surface area contributed by atoms with Gasteiger partial charge in [-0.15, -0.1) is 11.8 Å². The maximum absolute atomic E-state index is 12.9. The van der Waals surface area contributed by atoms with Crippen molar-refractivity contribution in [3.63, 3.8) is 0 Å². The predicted molar refractivity (Wildman–Crippen MR) is 131 cm³/mol. The highest BCUT2D eigenvalue weighted by atomic mass is 79.9. The Hall–Kier alpha value is -2.36. The maximum Gasteiger partial charge on any atom is 0.323 e. The van der Waals surface area contributed by atoms with Gasteiger partial charge in [0.05, 0.1) is 27.8 Å². The van der Waals surface area contributed by atoms with Gasteiger partial charge >= 0.3 is 5.97 Å². The molecule has 1 saturated heterocycles. The van der Waals surface area contributed by atoms with Crippen LogP contribution in [0.1, 0.15) is 19.8 Å². The molecule has 2 N–H and O–H groups in total. The SMILES string of the molecule is C=CCOC(=O)C(C#N)CC1SC(CCNc2ncc(Br)c(NCCOC)n2)C(=O)N1CC. The lowest BCUT2D eigenvalue weighted by atomic mass is 10.1. The molecular weight excluding hydrogens is 512 g/mol. The van der Waals surface area contributed by atoms with Crippen molar-refractivity contribution in [2.45, 2.75) is 30.4 Å². The zero-order valence-corrected chi connectivity index (χ0v) is 21.2. The number of aromatic nitrogens is 2. The van der Waals surface area contributed by atoms with E-state index in [0.29, 0.717) is 44.4 Å². The Balaban J connectivity index is 1.92. The summed E-state index contributed by atoms with van der Waals surface area (Å²) in [7, 11) is 1.63. The molecule has 180 valence electrons. The van der Waals surface area contributed by atoms with Crippen LogP contribution >= 0.6 is 27.7 Å². The molecule has 0 spiro atoms. The van der Waals surface area contributed by atoms with Crippen molar-refractivity contribution in [1.82, 2.24) is 14.9 Å². The molecule has 1 fully saturated rings. The summed E-state index contributed by atoms with van der Waals surface area (Å²) in [5.74, 6) is -0.412. The van der Waals surface area contributed by atoms with E-state index in [1.165, 1.54) is 17.8 Å². The number of carbonyl (C=O) groups is 2. The molecule has 1 aromatic rings. The van der Waals surface area contributed by atoms with Crippen molar-refractivity contribution in [2.24, 2.45) is 5.92 Å². The monoisotopic (exact) mass is 540 g/mol. The third kappa shape index (κ3) is 7.87. The molecule has 0 saturated carbocycles. The van der Waals surface area contributed by atoms with Gasteiger partial charge in [0, 0.05) is 39.4 Å². The minimum atomic E-state index is -0.929. The molecule has 0 aliphatic carbocycles. The van der Waals surface area contributed by atoms with Crippen LogP contribution in [0.4, 0.5) is 11.8 Å². The molecule has 33 heavy (non-hydrogen) atoms. The quantitative estimate of drug-likeness (QED) is 0.206. The fraction of sp³-hybridized carbons (Fsp3) is 0.571. The number of methoxy groups -OCH3 is 1. The number of nitriles is 1. The Bertz CT molecular complexity index is 868. The van der Waals surface area contributed by atoms with Gasteiger partial charge < -0.3 is 25.0 Å². The molecular formula is C21H29BrN6O4S. The highest BCUT2D eigenvalue weighted by molar-refractivity contribution is 9.10. The molecule has 1 aliphatic rings. The molecule has 0 bridgehead atoms. The number of thioether (sulfide) groups is 1. The highest BCUT2D eigenvalue weighted by Crippen LogP contribution is 2.37. The number of esters is 1. The number of hydrogen-bond acceptors (Lipinski definition) is 10. The van der Waals surface area contributed by atoms with E-state index in [1.54, 1.807) is 18.2 Å². The fourth-order valence-corrected chi connectivity index (χ4v) is 5.11. The van der Waals surface area contributed by atoms with Crippen LogP contribution in [0.2, 0.25) is 0 Å². The van der Waals surface area contributed by atoms with Crippen LogP contribution in [0.3, 0.4) is 0 Å². The van der Waals surface area contributed by atoms with Gasteiger partial charge in [0.2, 0.25) is 11.9 Å². The maximum atomic E-state index is 12.9. The van der Waals surface area contributed by atoms with Crippen molar-refractivity contribution >= 4 is 51.3 Å². The first-order chi connectivity index (χ1) is 15.9. The van der Waals surface area contributed by atoms with Gasteiger partial charge in [-0.2, -0.15) is 10.2 Å². The van der Waals surface area contributed by atoms with Gasteiger partial charge in [-0.1, -0.05) is 12.7 Å². The van der Waals surface area contributed by atoms with Crippen molar-refractivity contribution in [2.75, 3.05) is 50.6 Å². The van der Waals surface area contributed by atoms with Crippen LogP contribution in [0.15, 0.2) is 23.3 Å². The second kappa shape index (κ2) is 14.0. The average Bonchev–Trinajstić information content (AvgIpc) is 3.11. The van der Waals surface area contributed by atoms with Gasteiger partial charge in [-0.3, -0.25) is 9.59 Å². The molecule has 3 atom stereocenters. The molecule has 3 unspecified atom stereocenters. The number of anilines is 2. The summed E-state index contributed by atoms with van der Waals surface area (Å²) in [6, 6.07) is 2.00. The summed E-state index contributed by atoms with van der Waals surface area (Å²) < 4.78 is 10.8. The highest BCUT2D eigenvalue weighted by Gasteiger charge is 2.41. The molecule has 12 heteroatoms. The zero-order chi connectivity index (χ0) is 24.2. The van der Waals surface area contributed by atoms with E-state index >= 15 is 0 Å². The van der Waals surface area contributed by atoms with Crippen molar-refractivity contribution in [1.29, 1.82) is 5.26 Å². The van der Waals surface area contributed by atoms with Gasteiger partial charge in [-0.05, 0) is 29.3 Å². The smallest absolute Gasteiger partial charge is 0.323 e. The van der Waals surface area contributed by atoms with Gasteiger partial charge in [0.15, 0.2) is 0 Å². The lowest BCUT2D eigenvalue weighted by Gasteiger charge is -2.23. The first kappa shape index (κ1) is 26.9. The Kier molecular flexibility index (Phi) is 11.4. The third-order valence-electron chi connectivity index (χ3n) is 4.82. The van der Waals surface area contributed by atoms with Crippen molar-refractivity contribution < 1.29 is 19.1 Å². The van der Waals surface area contributed by atoms with Crippen LogP contribution in [-0.2, 0) is 19.1 Å². The van der Waals surface area contributed by atoms with E-state index in [-0.39, 0.29) is 29.6 Å². The summed E-state index contributed by atoms with van der Waals surface area (Å²) in [6.45, 7) is 7.60. The molecule has 0 radical (unpaired) electrons. The van der Waals surface area contributed by atoms with E-state index in [0.717, 1.165) is 4.47 Å². The third-order valence-corrected chi connectivity index (χ3v) is 6.93. The lowest BCUT2D eigenvalue weighted by molar-refractivity contribution is -0.146. The second-order valence-corrected chi connectivity index (χ2v) is 9.30. The average molecular weight is 541 g/mol. The van der Waals surface area contributed by atoms with Crippen LogP contribution < -0.4 is 10.6 Å². The molecule has 1 aliphatic heterocycles. The Labute approximate surface area is 206 Å². The van der Waals surface area contributed by atoms with E-state index in [4.69, 9.17) is 9.47 Å². The Morgan fingerprint density at radius 1 is 1.48 bits per heavy atom. The van der Waals surface area contributed by atoms with E-state index in [9.17, 15) is 14.9 Å². The largest absolute Gasteiger partial charge is 0.460 e. The standard InChI is InChI=1S/C21H29BrN6O4S/c1-4-9-32-20(30)14(12-23)11-17-28(5-2)19(29)16(33-17)6-7-25-21-26-13-15(22)18(27-21)24-8-10-31-3/h4,13-14,16-17H,1,5-11H2,2-3H3,(H2,24,25,26,27). The normalized spacial score (nSPS) is 18.5. The topological polar surface area (TPSA) is 129 Å². The number of amides is 1. The Morgan fingerprint density at radius 3 is 2.94 bits per heavy atom. The first-order valence-electron chi connectivity index (χ1n) is 10.6. The summed E-state index contributed by atoms with van der Waals surface area (Å²) in [5.41, 5.74) is 0. The van der Waals surface area contributed by atoms with Gasteiger partial charge in [-0.25, -0.2) is 4.98 Å². The van der Waals surface area contributed by atoms with E-state index in [2.05, 4.69) is 43.1 Å². The molecule has 1 aromatic heterocycles. The van der Waals surface area contributed by atoms with Crippen LogP contribution in [0.25, 0.3) is 0 Å². The predicted octanol–water partition coefficient (Wildman–Crippen LogP) is 2.65.